The van der Waals surface area contributed by atoms with Crippen molar-refractivity contribution in [1.29, 1.82) is 0 Å². The third kappa shape index (κ3) is 4.05. The first-order valence-corrected chi connectivity index (χ1v) is 6.31. The van der Waals surface area contributed by atoms with Crippen LogP contribution in [0, 0.1) is 0 Å². The Morgan fingerprint density at radius 2 is 2.33 bits per heavy atom. The predicted molar refractivity (Wildman–Crippen MR) is 68.4 cm³/mol. The monoisotopic (exact) mass is 334 g/mol. The van der Waals surface area contributed by atoms with Crippen LogP contribution in [-0.2, 0) is 9.53 Å². The van der Waals surface area contributed by atoms with E-state index in [4.69, 9.17) is 4.74 Å². The summed E-state index contributed by atoms with van der Waals surface area (Å²) in [7, 11) is 0. The molecule has 1 atom stereocenters. The highest BCUT2D eigenvalue weighted by Gasteiger charge is 2.21. The van der Waals surface area contributed by atoms with Crippen molar-refractivity contribution in [2.45, 2.75) is 11.2 Å². The van der Waals surface area contributed by atoms with Gasteiger partial charge in [-0.3, -0.25) is 4.79 Å². The van der Waals surface area contributed by atoms with Gasteiger partial charge < -0.3 is 4.74 Å². The van der Waals surface area contributed by atoms with Crippen molar-refractivity contribution < 1.29 is 9.53 Å². The highest BCUT2D eigenvalue weighted by atomic mass is 79.9. The smallest absolute Gasteiger partial charge is 0.174 e. The standard InChI is InChI=1S/C11H12Br2O2/c1-2-9(12)4-3-8-7-15-6-5-10(13)11(8)14/h2-4,10H,1,5-7H2/b8-3+,9-4+. The fourth-order valence-electron chi connectivity index (χ4n) is 1.15. The second kappa shape index (κ2) is 6.40. The maximum absolute atomic E-state index is 11.8. The summed E-state index contributed by atoms with van der Waals surface area (Å²) in [5, 5.41) is 0. The Morgan fingerprint density at radius 3 is 3.00 bits per heavy atom. The van der Waals surface area contributed by atoms with Crippen LogP contribution >= 0.6 is 31.9 Å². The lowest BCUT2D eigenvalue weighted by molar-refractivity contribution is -0.114. The van der Waals surface area contributed by atoms with E-state index in [1.165, 1.54) is 0 Å². The predicted octanol–water partition coefficient (Wildman–Crippen LogP) is 3.13. The van der Waals surface area contributed by atoms with Crippen LogP contribution in [0.4, 0.5) is 0 Å². The molecule has 0 saturated carbocycles. The van der Waals surface area contributed by atoms with Crippen molar-refractivity contribution in [3.8, 4) is 0 Å². The van der Waals surface area contributed by atoms with Crippen LogP contribution in [0.3, 0.4) is 0 Å². The van der Waals surface area contributed by atoms with Crippen LogP contribution in [0.1, 0.15) is 6.42 Å². The number of Topliss-reactive ketones (excluding diaryl/α,β-unsaturated/α-hetero) is 1. The molecule has 0 spiro atoms. The molecular weight excluding hydrogens is 324 g/mol. The molecule has 0 aromatic heterocycles. The molecule has 1 fully saturated rings. The molecule has 1 aliphatic rings. The van der Waals surface area contributed by atoms with E-state index in [1.807, 2.05) is 0 Å². The summed E-state index contributed by atoms with van der Waals surface area (Å²) in [6.45, 7) is 4.61. The lowest BCUT2D eigenvalue weighted by Crippen LogP contribution is -2.15. The summed E-state index contributed by atoms with van der Waals surface area (Å²) in [6.07, 6.45) is 5.97. The molecule has 0 bridgehead atoms. The average Bonchev–Trinajstić information content (AvgIpc) is 2.40. The van der Waals surface area contributed by atoms with E-state index in [2.05, 4.69) is 38.4 Å². The number of alkyl halides is 1. The summed E-state index contributed by atoms with van der Waals surface area (Å²) >= 11 is 6.64. The van der Waals surface area contributed by atoms with Crippen LogP contribution < -0.4 is 0 Å². The number of hydrogen-bond donors (Lipinski definition) is 0. The normalized spacial score (nSPS) is 26.5. The molecule has 82 valence electrons. The molecule has 0 N–H and O–H groups in total. The maximum atomic E-state index is 11.8. The number of halogens is 2. The van der Waals surface area contributed by atoms with Gasteiger partial charge in [-0.25, -0.2) is 0 Å². The number of allylic oxidation sites excluding steroid dienone is 4. The molecule has 1 heterocycles. The number of rotatable bonds is 2. The fraction of sp³-hybridized carbons (Fsp3) is 0.364. The summed E-state index contributed by atoms with van der Waals surface area (Å²) in [5.41, 5.74) is 0.688. The van der Waals surface area contributed by atoms with Gasteiger partial charge in [-0.05, 0) is 12.5 Å². The third-order valence-electron chi connectivity index (χ3n) is 2.01. The lowest BCUT2D eigenvalue weighted by Gasteiger charge is -2.03. The molecule has 15 heavy (non-hydrogen) atoms. The van der Waals surface area contributed by atoms with Crippen LogP contribution in [0.15, 0.2) is 34.9 Å². The zero-order chi connectivity index (χ0) is 11.3. The van der Waals surface area contributed by atoms with Gasteiger partial charge in [-0.1, -0.05) is 50.6 Å². The Morgan fingerprint density at radius 1 is 1.60 bits per heavy atom. The van der Waals surface area contributed by atoms with Crippen molar-refractivity contribution in [3.63, 3.8) is 0 Å². The van der Waals surface area contributed by atoms with Crippen LogP contribution in [0.2, 0.25) is 0 Å². The number of ketones is 1. The number of carbonyl (C=O) groups excluding carboxylic acids is 1. The highest BCUT2D eigenvalue weighted by Crippen LogP contribution is 2.17. The SMILES string of the molecule is C=C/C(Br)=C\C=C1/COCCC(Br)C1=O. The van der Waals surface area contributed by atoms with E-state index >= 15 is 0 Å². The average molecular weight is 336 g/mol. The zero-order valence-corrected chi connectivity index (χ0v) is 11.4. The Hall–Kier alpha value is -0.190. The van der Waals surface area contributed by atoms with Crippen molar-refractivity contribution >= 4 is 37.6 Å². The lowest BCUT2D eigenvalue weighted by atomic mass is 10.1. The number of ether oxygens (including phenoxy) is 1. The molecule has 0 radical (unpaired) electrons. The van der Waals surface area contributed by atoms with Gasteiger partial charge >= 0.3 is 0 Å². The summed E-state index contributed by atoms with van der Waals surface area (Å²) in [4.78, 5) is 11.7. The highest BCUT2D eigenvalue weighted by molar-refractivity contribution is 9.11. The molecular formula is C11H12Br2O2. The van der Waals surface area contributed by atoms with Crippen LogP contribution in [0.5, 0.6) is 0 Å². The van der Waals surface area contributed by atoms with E-state index in [1.54, 1.807) is 18.2 Å². The summed E-state index contributed by atoms with van der Waals surface area (Å²) in [5.74, 6) is 0.105. The van der Waals surface area contributed by atoms with E-state index < -0.39 is 0 Å². The van der Waals surface area contributed by atoms with Gasteiger partial charge in [-0.2, -0.15) is 0 Å². The minimum absolute atomic E-state index is 0.105. The minimum Gasteiger partial charge on any atom is -0.377 e. The Bertz CT molecular complexity index is 319. The Labute approximate surface area is 106 Å². The van der Waals surface area contributed by atoms with Crippen molar-refractivity contribution in [2.24, 2.45) is 0 Å². The quantitative estimate of drug-likeness (QED) is 0.440. The molecule has 0 aliphatic carbocycles. The molecule has 0 aromatic carbocycles. The van der Waals surface area contributed by atoms with Crippen LogP contribution in [-0.4, -0.2) is 23.8 Å². The number of hydrogen-bond acceptors (Lipinski definition) is 2. The van der Waals surface area contributed by atoms with Gasteiger partial charge in [0.25, 0.3) is 0 Å². The maximum Gasteiger partial charge on any atom is 0.174 e. The van der Waals surface area contributed by atoms with Gasteiger partial charge in [0.1, 0.15) is 0 Å². The third-order valence-corrected chi connectivity index (χ3v) is 3.47. The van der Waals surface area contributed by atoms with Gasteiger partial charge in [-0.15, -0.1) is 0 Å². The van der Waals surface area contributed by atoms with Gasteiger partial charge in [0.05, 0.1) is 11.4 Å². The summed E-state index contributed by atoms with van der Waals surface area (Å²) in [6, 6.07) is 0. The van der Waals surface area contributed by atoms with Gasteiger partial charge in [0.15, 0.2) is 5.78 Å². The van der Waals surface area contributed by atoms with Gasteiger partial charge in [0, 0.05) is 16.7 Å². The van der Waals surface area contributed by atoms with E-state index in [0.29, 0.717) is 18.8 Å². The Balaban J connectivity index is 2.82. The first-order valence-electron chi connectivity index (χ1n) is 4.60. The molecule has 0 amide bonds. The molecule has 1 unspecified atom stereocenters. The zero-order valence-electron chi connectivity index (χ0n) is 8.21. The Kier molecular flexibility index (Phi) is 5.50. The summed E-state index contributed by atoms with van der Waals surface area (Å²) < 4.78 is 6.17. The topological polar surface area (TPSA) is 26.3 Å². The first kappa shape index (κ1) is 12.9. The number of carbonyl (C=O) groups is 1. The molecule has 1 saturated heterocycles. The second-order valence-electron chi connectivity index (χ2n) is 3.12. The van der Waals surface area contributed by atoms with E-state index in [0.717, 1.165) is 10.9 Å². The molecule has 1 aliphatic heterocycles. The molecule has 4 heteroatoms. The fourth-order valence-corrected chi connectivity index (χ4v) is 1.76. The molecule has 0 aromatic rings. The first-order chi connectivity index (χ1) is 7.15. The van der Waals surface area contributed by atoms with Crippen molar-refractivity contribution in [2.75, 3.05) is 13.2 Å². The van der Waals surface area contributed by atoms with E-state index in [9.17, 15) is 4.79 Å². The van der Waals surface area contributed by atoms with Crippen molar-refractivity contribution in [3.05, 3.63) is 34.9 Å². The van der Waals surface area contributed by atoms with E-state index in [-0.39, 0.29) is 10.6 Å². The van der Waals surface area contributed by atoms with Gasteiger partial charge in [0.2, 0.25) is 0 Å². The second-order valence-corrected chi connectivity index (χ2v) is 5.14. The minimum atomic E-state index is -0.123. The molecule has 1 rings (SSSR count). The largest absolute Gasteiger partial charge is 0.377 e. The molecule has 2 nitrogen and oxygen atoms in total. The van der Waals surface area contributed by atoms with Crippen LogP contribution in [0.25, 0.3) is 0 Å². The van der Waals surface area contributed by atoms with Crippen molar-refractivity contribution in [1.82, 2.24) is 0 Å².